The normalized spacial score (nSPS) is 16.5. The number of allylic oxidation sites excluding steroid dienone is 6. The summed E-state index contributed by atoms with van der Waals surface area (Å²) >= 11 is 0. The summed E-state index contributed by atoms with van der Waals surface area (Å²) in [6.07, 6.45) is 8.28. The topological polar surface area (TPSA) is 89.9 Å². The first-order valence-corrected chi connectivity index (χ1v) is 28.0. The Morgan fingerprint density at radius 3 is 1.30 bits per heavy atom. The van der Waals surface area contributed by atoms with E-state index in [1.54, 1.807) is 53.7 Å². The number of halogens is 8. The largest absolute Gasteiger partial charge is 0.460 e. The molecule has 0 spiro atoms. The van der Waals surface area contributed by atoms with E-state index in [4.69, 9.17) is 4.74 Å². The zero-order chi connectivity index (χ0) is 56.9. The van der Waals surface area contributed by atoms with Crippen LogP contribution in [-0.4, -0.2) is 62.3 Å². The van der Waals surface area contributed by atoms with E-state index in [2.05, 4.69) is 17.6 Å². The van der Waals surface area contributed by atoms with Crippen LogP contribution in [0, 0.1) is 34.9 Å². The Bertz CT molecular complexity index is 2330. The van der Waals surface area contributed by atoms with E-state index >= 15 is 0 Å². The Labute approximate surface area is 443 Å². The number of nitrogens with zero attached hydrogens (tertiary/aromatic N) is 1. The molecule has 17 heteroatoms. The highest BCUT2D eigenvalue weighted by atomic mass is 32.2. The standard InChI is InChI=1S/C16H22F2O2.2C15H20F2OS.C11H15F2NOS/c1-5-6-11(9-15(19)20-16(2,3)4)12-7-13(17)10-14(18)8-12;2*1-5-6-11(10-19(18)15(2,3)4)12-7-13(16)9-14(17)8-12;1-11(2,3)16(15)14-7-8-4-9(12)6-10(13)5-8/h7-8,10-11H,5-6,9H2,1-4H3;2*5,7-9,11H,1,6,10H2,2-4H3;4,6-7,10H,5H2,1-3H3/t;2*11?,19-;10?,16-/m.110/s1. The van der Waals surface area contributed by atoms with E-state index in [1.165, 1.54) is 48.7 Å². The number of alkyl halides is 1. The molecule has 4 unspecified atom stereocenters. The van der Waals surface area contributed by atoms with E-state index in [0.717, 1.165) is 30.7 Å². The van der Waals surface area contributed by atoms with Crippen molar-refractivity contribution in [3.05, 3.63) is 155 Å². The van der Waals surface area contributed by atoms with Crippen LogP contribution in [-0.2, 0) is 42.1 Å². The van der Waals surface area contributed by atoms with Crippen LogP contribution in [0.3, 0.4) is 0 Å². The maximum Gasteiger partial charge on any atom is 0.306 e. The van der Waals surface area contributed by atoms with Gasteiger partial charge in [0.2, 0.25) is 0 Å². The number of rotatable bonds is 17. The zero-order valence-corrected chi connectivity index (χ0v) is 47.6. The van der Waals surface area contributed by atoms with Crippen LogP contribution in [0.4, 0.5) is 35.1 Å². The molecule has 3 aromatic rings. The lowest BCUT2D eigenvalue weighted by molar-refractivity contribution is -0.155. The van der Waals surface area contributed by atoms with Crippen molar-refractivity contribution in [2.75, 3.05) is 11.5 Å². The summed E-state index contributed by atoms with van der Waals surface area (Å²) in [5.41, 5.74) is 1.45. The van der Waals surface area contributed by atoms with Crippen LogP contribution in [0.2, 0.25) is 0 Å². The molecule has 0 aliphatic heterocycles. The van der Waals surface area contributed by atoms with Crippen LogP contribution in [0.25, 0.3) is 0 Å². The first-order valence-electron chi connectivity index (χ1n) is 24.2. The fourth-order valence-electron chi connectivity index (χ4n) is 6.73. The molecule has 0 amide bonds. The van der Waals surface area contributed by atoms with Crippen molar-refractivity contribution in [1.29, 1.82) is 0 Å². The van der Waals surface area contributed by atoms with Gasteiger partial charge < -0.3 is 4.74 Å². The van der Waals surface area contributed by atoms with Gasteiger partial charge in [-0.2, -0.15) is 4.40 Å². The second-order valence-corrected chi connectivity index (χ2v) is 28.1. The number of carbonyl (C=O) groups is 1. The van der Waals surface area contributed by atoms with E-state index in [-0.39, 0.29) is 46.1 Å². The number of ether oxygens (including phenoxy) is 1. The first-order chi connectivity index (χ1) is 34.0. The van der Waals surface area contributed by atoms with Gasteiger partial charge in [0, 0.05) is 73.4 Å². The number of esters is 1. The van der Waals surface area contributed by atoms with Crippen molar-refractivity contribution in [2.45, 2.75) is 172 Å². The molecule has 0 aromatic heterocycles. The van der Waals surface area contributed by atoms with Crippen LogP contribution < -0.4 is 0 Å². The SMILES string of the molecule is C=CCC(C[S@@](=O)C(C)(C)C)c1cc(F)cc(F)c1.C=CCC(C[S@@](=O)C(C)(C)C)c1cc(F)cc(F)c1.CC(C)(C)[S@](=O)N=CC1=CC(F)=CC(F)C1.CCCC(CC(=O)OC(C)(C)C)c1cc(F)cc(F)c1. The molecular weight excluding hydrogens is 1030 g/mol. The smallest absolute Gasteiger partial charge is 0.306 e. The number of hydrogen-bond acceptors (Lipinski definition) is 5. The third kappa shape index (κ3) is 27.4. The van der Waals surface area contributed by atoms with Gasteiger partial charge in [0.05, 0.1) is 11.2 Å². The first kappa shape index (κ1) is 67.7. The molecule has 414 valence electrons. The van der Waals surface area contributed by atoms with Crippen molar-refractivity contribution in [3.8, 4) is 0 Å². The minimum atomic E-state index is -1.40. The van der Waals surface area contributed by atoms with Gasteiger partial charge in [-0.05, 0) is 191 Å². The lowest BCUT2D eigenvalue weighted by Gasteiger charge is -2.22. The molecule has 6 nitrogen and oxygen atoms in total. The van der Waals surface area contributed by atoms with Gasteiger partial charge in [-0.25, -0.2) is 39.3 Å². The second kappa shape index (κ2) is 31.0. The summed E-state index contributed by atoms with van der Waals surface area (Å²) in [5, 5.41) is 0. The van der Waals surface area contributed by atoms with Crippen LogP contribution in [0.1, 0.15) is 163 Å². The summed E-state index contributed by atoms with van der Waals surface area (Å²) < 4.78 is 149. The highest BCUT2D eigenvalue weighted by Crippen LogP contribution is 2.30. The maximum atomic E-state index is 13.3. The van der Waals surface area contributed by atoms with Gasteiger partial charge in [-0.3, -0.25) is 13.2 Å². The molecule has 0 N–H and O–H groups in total. The Hall–Kier alpha value is -4.35. The lowest BCUT2D eigenvalue weighted by Crippen LogP contribution is -2.26. The quantitative estimate of drug-likeness (QED) is 0.0581. The van der Waals surface area contributed by atoms with Gasteiger partial charge in [0.15, 0.2) is 0 Å². The summed E-state index contributed by atoms with van der Waals surface area (Å²) in [4.78, 5) is 11.9. The van der Waals surface area contributed by atoms with E-state index in [9.17, 15) is 52.5 Å². The molecule has 0 saturated heterocycles. The average molecular weight is 1100 g/mol. The van der Waals surface area contributed by atoms with E-state index < -0.39 is 89.8 Å². The fraction of sp³-hybridized carbons (Fsp3) is 0.509. The van der Waals surface area contributed by atoms with E-state index in [0.29, 0.717) is 53.0 Å². The molecule has 3 aromatic carbocycles. The predicted molar refractivity (Wildman–Crippen MR) is 291 cm³/mol. The summed E-state index contributed by atoms with van der Waals surface area (Å²) in [5.74, 6) is -4.45. The number of hydrogen-bond donors (Lipinski definition) is 0. The third-order valence-electron chi connectivity index (χ3n) is 10.4. The van der Waals surface area contributed by atoms with Gasteiger partial charge in [0.1, 0.15) is 63.5 Å². The van der Waals surface area contributed by atoms with Gasteiger partial charge in [0.25, 0.3) is 0 Å². The summed E-state index contributed by atoms with van der Waals surface area (Å²) in [7, 11) is -3.55. The Kier molecular flexibility index (Phi) is 28.4. The van der Waals surface area contributed by atoms with Crippen molar-refractivity contribution >= 4 is 44.8 Å². The maximum absolute atomic E-state index is 13.3. The predicted octanol–water partition coefficient (Wildman–Crippen LogP) is 16.0. The second-order valence-electron chi connectivity index (χ2n) is 21.7. The summed E-state index contributed by atoms with van der Waals surface area (Å²) in [6.45, 7) is 31.3. The minimum Gasteiger partial charge on any atom is -0.460 e. The molecule has 1 aliphatic rings. The zero-order valence-electron chi connectivity index (χ0n) is 45.2. The third-order valence-corrected chi connectivity index (χ3v) is 15.9. The molecule has 0 bridgehead atoms. The van der Waals surface area contributed by atoms with Crippen LogP contribution in [0.5, 0.6) is 0 Å². The molecule has 0 saturated carbocycles. The number of benzene rings is 3. The van der Waals surface area contributed by atoms with Crippen LogP contribution in [0.15, 0.2) is 108 Å². The van der Waals surface area contributed by atoms with Gasteiger partial charge in [-0.1, -0.05) is 25.5 Å². The van der Waals surface area contributed by atoms with E-state index in [1.807, 2.05) is 48.5 Å². The molecule has 1 aliphatic carbocycles. The molecule has 0 radical (unpaired) electrons. The Balaban J connectivity index is 0.000000495. The molecule has 7 atom stereocenters. The molecule has 0 heterocycles. The highest BCUT2D eigenvalue weighted by Gasteiger charge is 2.27. The van der Waals surface area contributed by atoms with Crippen molar-refractivity contribution in [2.24, 2.45) is 4.40 Å². The van der Waals surface area contributed by atoms with Crippen LogP contribution >= 0.6 is 0 Å². The van der Waals surface area contributed by atoms with Gasteiger partial charge in [-0.15, -0.1) is 13.2 Å². The van der Waals surface area contributed by atoms with Crippen molar-refractivity contribution < 1.29 is 57.3 Å². The Morgan fingerprint density at radius 2 is 1.00 bits per heavy atom. The van der Waals surface area contributed by atoms with Crippen molar-refractivity contribution in [1.82, 2.24) is 0 Å². The minimum absolute atomic E-state index is 0.0816. The monoisotopic (exact) mass is 1100 g/mol. The molecular formula is C57H77F8NO5S3. The molecule has 4 rings (SSSR count). The van der Waals surface area contributed by atoms with Crippen molar-refractivity contribution in [3.63, 3.8) is 0 Å². The Morgan fingerprint density at radius 1 is 0.635 bits per heavy atom. The lowest BCUT2D eigenvalue weighted by atomic mass is 9.91. The molecule has 0 fully saturated rings. The molecule has 74 heavy (non-hydrogen) atoms. The highest BCUT2D eigenvalue weighted by molar-refractivity contribution is 7.86. The summed E-state index contributed by atoms with van der Waals surface area (Å²) in [6, 6.07) is 10.3. The average Bonchev–Trinajstić information content (AvgIpc) is 3.22. The van der Waals surface area contributed by atoms with Gasteiger partial charge >= 0.3 is 5.97 Å². The number of carbonyl (C=O) groups excluding carboxylic acids is 1. The fourth-order valence-corrected chi connectivity index (χ4v) is 9.66.